The number of hydrogen-bond acceptors (Lipinski definition) is 5. The van der Waals surface area contributed by atoms with Gasteiger partial charge in [0.25, 0.3) is 0 Å². The molecule has 1 atom stereocenters. The van der Waals surface area contributed by atoms with E-state index in [0.29, 0.717) is 13.0 Å². The topological polar surface area (TPSA) is 90.6 Å². The highest BCUT2D eigenvalue weighted by Crippen LogP contribution is 2.11. The summed E-state index contributed by atoms with van der Waals surface area (Å²) in [7, 11) is 0. The molecule has 1 unspecified atom stereocenters. The largest absolute Gasteiger partial charge is 0.459 e. The Morgan fingerprint density at radius 3 is 2.00 bits per heavy atom. The molecular weight excluding hydrogens is 284 g/mol. The zero-order valence-corrected chi connectivity index (χ0v) is 14.8. The van der Waals surface area contributed by atoms with Gasteiger partial charge in [0.15, 0.2) is 0 Å². The van der Waals surface area contributed by atoms with E-state index in [0.717, 1.165) is 19.3 Å². The lowest BCUT2D eigenvalue weighted by Gasteiger charge is -2.22. The summed E-state index contributed by atoms with van der Waals surface area (Å²) >= 11 is 0. The molecule has 0 aromatic carbocycles. The maximum Gasteiger partial charge on any atom is 0.407 e. The van der Waals surface area contributed by atoms with Crippen LogP contribution >= 0.6 is 0 Å². The number of ether oxygens (including phenoxy) is 2. The molecule has 0 radical (unpaired) electrons. The first-order valence-electron chi connectivity index (χ1n) is 7.86. The van der Waals surface area contributed by atoms with Gasteiger partial charge in [-0.25, -0.2) is 4.79 Å². The van der Waals surface area contributed by atoms with Crippen molar-refractivity contribution in [3.05, 3.63) is 0 Å². The Morgan fingerprint density at radius 1 is 0.955 bits per heavy atom. The molecule has 0 aliphatic heterocycles. The van der Waals surface area contributed by atoms with E-state index in [1.54, 1.807) is 0 Å². The fourth-order valence-corrected chi connectivity index (χ4v) is 1.67. The second-order valence-corrected chi connectivity index (χ2v) is 7.42. The van der Waals surface area contributed by atoms with Gasteiger partial charge in [0, 0.05) is 6.54 Å². The first-order chi connectivity index (χ1) is 9.91. The van der Waals surface area contributed by atoms with Crippen molar-refractivity contribution >= 4 is 12.1 Å². The van der Waals surface area contributed by atoms with Crippen LogP contribution in [0.2, 0.25) is 0 Å². The summed E-state index contributed by atoms with van der Waals surface area (Å²) in [5.41, 5.74) is 4.80. The summed E-state index contributed by atoms with van der Waals surface area (Å²) in [6.45, 7) is 11.5. The number of rotatable bonds is 7. The van der Waals surface area contributed by atoms with Crippen LogP contribution < -0.4 is 11.1 Å². The predicted octanol–water partition coefficient (Wildman–Crippen LogP) is 2.74. The first-order valence-corrected chi connectivity index (χ1v) is 7.86. The SMILES string of the molecule is CC(C)(C)OC(=O)NCCCCCC(N)C(=O)OC(C)(C)C. The van der Waals surface area contributed by atoms with Crippen molar-refractivity contribution in [2.45, 2.75) is 84.5 Å². The molecule has 130 valence electrons. The number of unbranched alkanes of at least 4 members (excludes halogenated alkanes) is 2. The molecule has 0 spiro atoms. The van der Waals surface area contributed by atoms with Crippen molar-refractivity contribution in [3.8, 4) is 0 Å². The molecule has 0 saturated carbocycles. The molecule has 6 nitrogen and oxygen atoms in total. The molecule has 0 heterocycles. The molecule has 0 aromatic heterocycles. The third kappa shape index (κ3) is 12.4. The number of amides is 1. The van der Waals surface area contributed by atoms with Gasteiger partial charge in [0.2, 0.25) is 0 Å². The van der Waals surface area contributed by atoms with Crippen LogP contribution in [-0.4, -0.2) is 35.9 Å². The lowest BCUT2D eigenvalue weighted by atomic mass is 10.1. The Bertz CT molecular complexity index is 356. The molecule has 1 amide bonds. The number of carbonyl (C=O) groups is 2. The number of carbonyl (C=O) groups excluding carboxylic acids is 2. The van der Waals surface area contributed by atoms with Gasteiger partial charge in [-0.2, -0.15) is 0 Å². The van der Waals surface area contributed by atoms with Gasteiger partial charge in [-0.15, -0.1) is 0 Å². The van der Waals surface area contributed by atoms with Crippen LogP contribution in [0.5, 0.6) is 0 Å². The number of esters is 1. The molecule has 0 aromatic rings. The average Bonchev–Trinajstić information content (AvgIpc) is 2.28. The van der Waals surface area contributed by atoms with Crippen LogP contribution in [0.4, 0.5) is 4.79 Å². The summed E-state index contributed by atoms with van der Waals surface area (Å²) in [5.74, 6) is -0.362. The molecule has 0 aliphatic carbocycles. The van der Waals surface area contributed by atoms with Gasteiger partial charge >= 0.3 is 12.1 Å². The van der Waals surface area contributed by atoms with Crippen molar-refractivity contribution in [2.75, 3.05) is 6.54 Å². The Balaban J connectivity index is 3.69. The zero-order chi connectivity index (χ0) is 17.4. The maximum atomic E-state index is 11.7. The quantitative estimate of drug-likeness (QED) is 0.556. The summed E-state index contributed by atoms with van der Waals surface area (Å²) in [6.07, 6.45) is 2.70. The fourth-order valence-electron chi connectivity index (χ4n) is 1.67. The normalized spacial score (nSPS) is 13.4. The Hall–Kier alpha value is -1.30. The third-order valence-corrected chi connectivity index (χ3v) is 2.57. The van der Waals surface area contributed by atoms with Crippen molar-refractivity contribution in [3.63, 3.8) is 0 Å². The minimum absolute atomic E-state index is 0.362. The van der Waals surface area contributed by atoms with Crippen LogP contribution in [0, 0.1) is 0 Å². The summed E-state index contributed by atoms with van der Waals surface area (Å²) in [5, 5.41) is 2.70. The van der Waals surface area contributed by atoms with E-state index in [1.807, 2.05) is 41.5 Å². The second kappa shape index (κ2) is 8.98. The van der Waals surface area contributed by atoms with E-state index in [2.05, 4.69) is 5.32 Å². The molecule has 0 aliphatic rings. The molecule has 0 rings (SSSR count). The number of hydrogen-bond donors (Lipinski definition) is 2. The molecule has 0 fully saturated rings. The minimum atomic E-state index is -0.585. The number of nitrogens with two attached hydrogens (primary N) is 1. The highest BCUT2D eigenvalue weighted by Gasteiger charge is 2.21. The Kier molecular flexibility index (Phi) is 8.45. The maximum absolute atomic E-state index is 11.7. The van der Waals surface area contributed by atoms with Crippen LogP contribution in [0.25, 0.3) is 0 Å². The smallest absolute Gasteiger partial charge is 0.407 e. The fraction of sp³-hybridized carbons (Fsp3) is 0.875. The van der Waals surface area contributed by atoms with Gasteiger partial charge in [-0.1, -0.05) is 12.8 Å². The van der Waals surface area contributed by atoms with E-state index in [9.17, 15) is 9.59 Å². The molecule has 22 heavy (non-hydrogen) atoms. The highest BCUT2D eigenvalue weighted by atomic mass is 16.6. The minimum Gasteiger partial charge on any atom is -0.459 e. The third-order valence-electron chi connectivity index (χ3n) is 2.57. The van der Waals surface area contributed by atoms with Crippen LogP contribution in [-0.2, 0) is 14.3 Å². The Morgan fingerprint density at radius 2 is 1.50 bits per heavy atom. The van der Waals surface area contributed by atoms with Crippen molar-refractivity contribution in [1.29, 1.82) is 0 Å². The first kappa shape index (κ1) is 20.7. The van der Waals surface area contributed by atoms with Gasteiger partial charge in [-0.05, 0) is 54.4 Å². The van der Waals surface area contributed by atoms with E-state index in [1.165, 1.54) is 0 Å². The van der Waals surface area contributed by atoms with Crippen molar-refractivity contribution in [1.82, 2.24) is 5.32 Å². The van der Waals surface area contributed by atoms with E-state index < -0.39 is 23.3 Å². The van der Waals surface area contributed by atoms with Crippen LogP contribution in [0.15, 0.2) is 0 Å². The monoisotopic (exact) mass is 316 g/mol. The molecule has 0 saturated heterocycles. The van der Waals surface area contributed by atoms with Gasteiger partial charge in [0.05, 0.1) is 0 Å². The van der Waals surface area contributed by atoms with Gasteiger partial charge in [0.1, 0.15) is 17.2 Å². The zero-order valence-electron chi connectivity index (χ0n) is 14.8. The second-order valence-electron chi connectivity index (χ2n) is 7.42. The van der Waals surface area contributed by atoms with Gasteiger partial charge in [-0.3, -0.25) is 4.79 Å². The van der Waals surface area contributed by atoms with Crippen molar-refractivity contribution < 1.29 is 19.1 Å². The van der Waals surface area contributed by atoms with E-state index in [4.69, 9.17) is 15.2 Å². The lowest BCUT2D eigenvalue weighted by Crippen LogP contribution is -2.37. The molecular formula is C16H32N2O4. The molecule has 3 N–H and O–H groups in total. The van der Waals surface area contributed by atoms with E-state index >= 15 is 0 Å². The highest BCUT2D eigenvalue weighted by molar-refractivity contribution is 5.75. The Labute approximate surface area is 134 Å². The average molecular weight is 316 g/mol. The van der Waals surface area contributed by atoms with Crippen LogP contribution in [0.1, 0.15) is 67.2 Å². The summed E-state index contributed by atoms with van der Waals surface area (Å²) < 4.78 is 10.3. The van der Waals surface area contributed by atoms with Gasteiger partial charge < -0.3 is 20.5 Å². The lowest BCUT2D eigenvalue weighted by molar-refractivity contribution is -0.156. The molecule has 0 bridgehead atoms. The predicted molar refractivity (Wildman–Crippen MR) is 86.5 cm³/mol. The summed E-state index contributed by atoms with van der Waals surface area (Å²) in [4.78, 5) is 23.1. The van der Waals surface area contributed by atoms with E-state index in [-0.39, 0.29) is 5.97 Å². The molecule has 6 heteroatoms. The number of nitrogens with one attached hydrogen (secondary N) is 1. The summed E-state index contributed by atoms with van der Waals surface area (Å²) in [6, 6.07) is -0.585. The van der Waals surface area contributed by atoms with Crippen LogP contribution in [0.3, 0.4) is 0 Å². The standard InChI is InChI=1S/C16H32N2O4/c1-15(2,3)21-13(19)12(17)10-8-7-9-11-18-14(20)22-16(4,5)6/h12H,7-11,17H2,1-6H3,(H,18,20). The van der Waals surface area contributed by atoms with Crippen molar-refractivity contribution in [2.24, 2.45) is 5.73 Å². The number of alkyl carbamates (subject to hydrolysis) is 1.